The Labute approximate surface area is 243 Å². The average molecular weight is 596 g/mol. The predicted molar refractivity (Wildman–Crippen MR) is 150 cm³/mol. The lowest BCUT2D eigenvalue weighted by Gasteiger charge is -2.31. The molecule has 0 bridgehead atoms. The van der Waals surface area contributed by atoms with Gasteiger partial charge >= 0.3 is 6.01 Å². The molecule has 2 aromatic heterocycles. The summed E-state index contributed by atoms with van der Waals surface area (Å²) in [6, 6.07) is 3.72. The molecule has 2 aromatic carbocycles. The first kappa shape index (κ1) is 27.6. The molecule has 1 unspecified atom stereocenters. The Morgan fingerprint density at radius 3 is 2.74 bits per heavy atom. The van der Waals surface area contributed by atoms with Gasteiger partial charge in [-0.1, -0.05) is 12.0 Å². The number of rotatable bonds is 6. The topological polar surface area (TPSA) is 74.6 Å². The summed E-state index contributed by atoms with van der Waals surface area (Å²) in [5, 5.41) is 11.0. The largest absolute Gasteiger partial charge is 0.508 e. The zero-order valence-electron chi connectivity index (χ0n) is 23.0. The van der Waals surface area contributed by atoms with E-state index in [0.29, 0.717) is 18.4 Å². The Balaban J connectivity index is 1.38. The molecule has 2 aliphatic heterocycles. The SMILES string of the molecule is C#Cc1c(F)ccc2cc(O)cc(-c3ncc4c(N(C)C5CC5(F)F)nc(OC[C@@]56CCCN5C[C@H](F)C6)nc4c3F)c12. The number of aromatic nitrogens is 3. The van der Waals surface area contributed by atoms with Gasteiger partial charge in [0.1, 0.15) is 41.4 Å². The molecule has 3 fully saturated rings. The highest BCUT2D eigenvalue weighted by Gasteiger charge is 2.60. The number of terminal acetylenes is 1. The monoisotopic (exact) mass is 595 g/mol. The number of hydrogen-bond acceptors (Lipinski definition) is 7. The van der Waals surface area contributed by atoms with Crippen LogP contribution in [-0.4, -0.2) is 75.4 Å². The van der Waals surface area contributed by atoms with Gasteiger partial charge in [-0.2, -0.15) is 9.97 Å². The van der Waals surface area contributed by atoms with Crippen LogP contribution in [0.3, 0.4) is 0 Å². The second-order valence-electron chi connectivity index (χ2n) is 11.6. The molecule has 12 heteroatoms. The van der Waals surface area contributed by atoms with Gasteiger partial charge in [-0.3, -0.25) is 9.88 Å². The second kappa shape index (κ2) is 9.64. The van der Waals surface area contributed by atoms with Gasteiger partial charge in [0.15, 0.2) is 5.82 Å². The van der Waals surface area contributed by atoms with Gasteiger partial charge in [-0.15, -0.1) is 6.42 Å². The summed E-state index contributed by atoms with van der Waals surface area (Å²) >= 11 is 0. The number of aromatic hydroxyl groups is 1. The lowest BCUT2D eigenvalue weighted by Crippen LogP contribution is -2.43. The van der Waals surface area contributed by atoms with Crippen molar-refractivity contribution < 1.29 is 31.8 Å². The average Bonchev–Trinajstić information content (AvgIpc) is 3.26. The molecule has 0 amide bonds. The van der Waals surface area contributed by atoms with Crippen LogP contribution in [0.4, 0.5) is 27.8 Å². The van der Waals surface area contributed by atoms with Crippen LogP contribution in [0.1, 0.15) is 31.2 Å². The molecule has 2 saturated heterocycles. The van der Waals surface area contributed by atoms with Gasteiger partial charge in [0.05, 0.1) is 22.5 Å². The molecule has 7 nitrogen and oxygen atoms in total. The quantitative estimate of drug-likeness (QED) is 0.230. The minimum absolute atomic E-state index is 0.00758. The number of hydrogen-bond donors (Lipinski definition) is 1. The highest BCUT2D eigenvalue weighted by Crippen LogP contribution is 2.48. The Morgan fingerprint density at radius 2 is 2.00 bits per heavy atom. The predicted octanol–water partition coefficient (Wildman–Crippen LogP) is 5.61. The van der Waals surface area contributed by atoms with Crippen molar-refractivity contribution in [3.05, 3.63) is 47.7 Å². The van der Waals surface area contributed by atoms with Crippen LogP contribution in [0.25, 0.3) is 32.9 Å². The van der Waals surface area contributed by atoms with Gasteiger partial charge < -0.3 is 14.7 Å². The molecule has 4 aromatic rings. The molecule has 0 spiro atoms. The fourth-order valence-electron chi connectivity index (χ4n) is 6.71. The van der Waals surface area contributed by atoms with Gasteiger partial charge in [0, 0.05) is 43.6 Å². The highest BCUT2D eigenvalue weighted by atomic mass is 19.3. The summed E-state index contributed by atoms with van der Waals surface area (Å²) in [5.41, 5.74) is -1.23. The second-order valence-corrected chi connectivity index (χ2v) is 11.6. The lowest BCUT2D eigenvalue weighted by atomic mass is 9.95. The first-order valence-electron chi connectivity index (χ1n) is 13.9. The Morgan fingerprint density at radius 1 is 1.21 bits per heavy atom. The Kier molecular flexibility index (Phi) is 6.18. The number of halogens is 5. The van der Waals surface area contributed by atoms with E-state index < -0.39 is 41.7 Å². The van der Waals surface area contributed by atoms with Crippen molar-refractivity contribution in [2.45, 2.75) is 49.4 Å². The normalized spacial score (nSPS) is 24.3. The van der Waals surface area contributed by atoms with E-state index >= 15 is 4.39 Å². The van der Waals surface area contributed by atoms with E-state index in [2.05, 4.69) is 20.9 Å². The smallest absolute Gasteiger partial charge is 0.319 e. The van der Waals surface area contributed by atoms with Gasteiger partial charge in [-0.25, -0.2) is 22.0 Å². The van der Waals surface area contributed by atoms with Crippen molar-refractivity contribution in [1.82, 2.24) is 19.9 Å². The maximum Gasteiger partial charge on any atom is 0.319 e. The van der Waals surface area contributed by atoms with Gasteiger partial charge in [0.2, 0.25) is 0 Å². The van der Waals surface area contributed by atoms with Crippen molar-refractivity contribution in [3.8, 4) is 35.4 Å². The molecule has 222 valence electrons. The Bertz CT molecular complexity index is 1850. The molecular weight excluding hydrogens is 569 g/mol. The van der Waals surface area contributed by atoms with E-state index in [9.17, 15) is 22.7 Å². The van der Waals surface area contributed by atoms with E-state index in [1.54, 1.807) is 0 Å². The number of anilines is 1. The molecule has 4 heterocycles. The maximum absolute atomic E-state index is 16.5. The standard InChI is InChI=1S/C31H26F5N5O2/c1-3-19-22(33)6-5-16-9-18(42)10-20(24(16)19)26-25(34)27-21(13-37-26)28(40(2)23-12-31(23,35)36)39-29(38-27)43-15-30-7-4-8-41(30)14-17(32)11-30/h1,5-6,9-10,13,17,23,42H,4,7-8,11-12,14-15H2,2H3/t17-,23?,30+/m1/s1. The highest BCUT2D eigenvalue weighted by molar-refractivity contribution is 6.03. The summed E-state index contributed by atoms with van der Waals surface area (Å²) in [6.07, 6.45) is 7.31. The van der Waals surface area contributed by atoms with Crippen molar-refractivity contribution >= 4 is 27.5 Å². The zero-order valence-corrected chi connectivity index (χ0v) is 23.0. The zero-order chi connectivity index (χ0) is 30.3. The fourth-order valence-corrected chi connectivity index (χ4v) is 6.71. The maximum atomic E-state index is 16.5. The first-order valence-corrected chi connectivity index (χ1v) is 13.9. The molecule has 7 rings (SSSR count). The van der Waals surface area contributed by atoms with Crippen LogP contribution >= 0.6 is 0 Å². The van der Waals surface area contributed by atoms with Crippen molar-refractivity contribution in [2.24, 2.45) is 0 Å². The molecule has 3 atom stereocenters. The minimum Gasteiger partial charge on any atom is -0.508 e. The summed E-state index contributed by atoms with van der Waals surface area (Å²) in [7, 11) is 1.43. The minimum atomic E-state index is -2.95. The molecule has 3 aliphatic rings. The number of nitrogens with zero attached hydrogens (tertiary/aromatic N) is 5. The van der Waals surface area contributed by atoms with Crippen molar-refractivity contribution in [1.29, 1.82) is 0 Å². The number of ether oxygens (including phenoxy) is 1. The number of phenols is 1. The van der Waals surface area contributed by atoms with E-state index in [-0.39, 0.29) is 63.7 Å². The molecule has 1 N–H and O–H groups in total. The molecule has 43 heavy (non-hydrogen) atoms. The van der Waals surface area contributed by atoms with E-state index in [0.717, 1.165) is 19.0 Å². The van der Waals surface area contributed by atoms with Crippen LogP contribution < -0.4 is 9.64 Å². The van der Waals surface area contributed by atoms with Crippen molar-refractivity contribution in [3.63, 3.8) is 0 Å². The number of fused-ring (bicyclic) bond motifs is 3. The van der Waals surface area contributed by atoms with Crippen LogP contribution in [0.2, 0.25) is 0 Å². The Hall–Kier alpha value is -4.24. The summed E-state index contributed by atoms with van der Waals surface area (Å²) in [6.45, 7) is 1.08. The number of phenolic OH excluding ortho intramolecular Hbond substituents is 1. The first-order chi connectivity index (χ1) is 20.5. The molecule has 1 aliphatic carbocycles. The summed E-state index contributed by atoms with van der Waals surface area (Å²) in [5.74, 6) is -2.57. The number of pyridine rings is 1. The van der Waals surface area contributed by atoms with Gasteiger partial charge in [-0.05, 0) is 43.0 Å². The van der Waals surface area contributed by atoms with Crippen LogP contribution in [0.5, 0.6) is 11.8 Å². The van der Waals surface area contributed by atoms with Crippen LogP contribution in [0, 0.1) is 24.0 Å². The fraction of sp³-hybridized carbons (Fsp3) is 0.387. The summed E-state index contributed by atoms with van der Waals surface area (Å²) in [4.78, 5) is 16.3. The molecule has 1 saturated carbocycles. The number of benzene rings is 2. The van der Waals surface area contributed by atoms with E-state index in [1.807, 2.05) is 4.90 Å². The summed E-state index contributed by atoms with van der Waals surface area (Å²) < 4.78 is 79.7. The van der Waals surface area contributed by atoms with Crippen LogP contribution in [-0.2, 0) is 0 Å². The van der Waals surface area contributed by atoms with Crippen molar-refractivity contribution in [2.75, 3.05) is 31.6 Å². The lowest BCUT2D eigenvalue weighted by molar-refractivity contribution is 0.107. The van der Waals surface area contributed by atoms with Gasteiger partial charge in [0.25, 0.3) is 5.92 Å². The third kappa shape index (κ3) is 4.40. The number of alkyl halides is 3. The van der Waals surface area contributed by atoms with Crippen LogP contribution in [0.15, 0.2) is 30.5 Å². The van der Waals surface area contributed by atoms with E-state index in [4.69, 9.17) is 11.2 Å². The van der Waals surface area contributed by atoms with E-state index in [1.165, 1.54) is 36.3 Å². The third-order valence-corrected chi connectivity index (χ3v) is 8.92. The third-order valence-electron chi connectivity index (χ3n) is 8.92. The molecule has 0 radical (unpaired) electrons. The molecular formula is C31H26F5N5O2.